The third kappa shape index (κ3) is 2.02. The van der Waals surface area contributed by atoms with Gasteiger partial charge in [-0.25, -0.2) is 0 Å². The first-order chi connectivity index (χ1) is 8.84. The van der Waals surface area contributed by atoms with Crippen molar-refractivity contribution >= 4 is 5.78 Å². The second-order valence-electron chi connectivity index (χ2n) is 4.48. The highest BCUT2D eigenvalue weighted by molar-refractivity contribution is 6.01. The normalized spacial score (nSPS) is 14.1. The maximum atomic E-state index is 12.0. The largest absolute Gasteiger partial charge is 0.457 e. The van der Waals surface area contributed by atoms with Crippen LogP contribution in [0.5, 0.6) is 11.5 Å². The van der Waals surface area contributed by atoms with Crippen molar-refractivity contribution in [1.29, 1.82) is 0 Å². The highest BCUT2D eigenvalue weighted by Gasteiger charge is 2.21. The zero-order valence-electron chi connectivity index (χ0n) is 10.1. The Morgan fingerprint density at radius 3 is 2.56 bits per heavy atom. The first-order valence-corrected chi connectivity index (χ1v) is 6.22. The van der Waals surface area contributed by atoms with Crippen molar-refractivity contribution in [3.63, 3.8) is 0 Å². The molecule has 3 rings (SSSR count). The van der Waals surface area contributed by atoms with Crippen molar-refractivity contribution in [2.75, 3.05) is 0 Å². The van der Waals surface area contributed by atoms with Crippen LogP contribution in [-0.4, -0.2) is 5.78 Å². The van der Waals surface area contributed by atoms with E-state index in [1.54, 1.807) is 0 Å². The fourth-order valence-electron chi connectivity index (χ4n) is 2.37. The number of fused-ring (bicyclic) bond motifs is 1. The van der Waals surface area contributed by atoms with Crippen LogP contribution in [0.25, 0.3) is 0 Å². The van der Waals surface area contributed by atoms with Crippen molar-refractivity contribution in [1.82, 2.24) is 0 Å². The number of rotatable bonds is 2. The third-order valence-corrected chi connectivity index (χ3v) is 3.21. The number of aryl methyl sites for hydroxylation is 1. The Morgan fingerprint density at radius 2 is 1.72 bits per heavy atom. The fourth-order valence-corrected chi connectivity index (χ4v) is 2.37. The van der Waals surface area contributed by atoms with Gasteiger partial charge in [0.25, 0.3) is 0 Å². The molecule has 90 valence electrons. The summed E-state index contributed by atoms with van der Waals surface area (Å²) in [6.45, 7) is 0. The number of hydrogen-bond acceptors (Lipinski definition) is 2. The predicted octanol–water partition coefficient (Wildman–Crippen LogP) is 4.00. The van der Waals surface area contributed by atoms with Gasteiger partial charge in [0.1, 0.15) is 11.5 Å². The molecular formula is C16H14O2. The zero-order chi connectivity index (χ0) is 12.4. The number of hydrogen-bond donors (Lipinski definition) is 0. The molecule has 0 aromatic heterocycles. The van der Waals surface area contributed by atoms with Crippen LogP contribution < -0.4 is 4.74 Å². The van der Waals surface area contributed by atoms with Crippen LogP contribution in [0.3, 0.4) is 0 Å². The third-order valence-electron chi connectivity index (χ3n) is 3.21. The maximum absolute atomic E-state index is 12.0. The summed E-state index contributed by atoms with van der Waals surface area (Å²) in [7, 11) is 0. The average molecular weight is 238 g/mol. The van der Waals surface area contributed by atoms with Gasteiger partial charge in [-0.1, -0.05) is 30.3 Å². The van der Waals surface area contributed by atoms with Gasteiger partial charge in [-0.3, -0.25) is 4.79 Å². The molecule has 1 aliphatic rings. The molecule has 0 unspecified atom stereocenters. The lowest BCUT2D eigenvalue weighted by atomic mass is 9.90. The van der Waals surface area contributed by atoms with E-state index < -0.39 is 0 Å². The highest BCUT2D eigenvalue weighted by atomic mass is 16.5. The van der Waals surface area contributed by atoms with Crippen LogP contribution in [0.15, 0.2) is 48.5 Å². The molecule has 0 N–H and O–H groups in total. The lowest BCUT2D eigenvalue weighted by Crippen LogP contribution is -2.11. The van der Waals surface area contributed by atoms with Gasteiger partial charge in [0.15, 0.2) is 5.78 Å². The summed E-state index contributed by atoms with van der Waals surface area (Å²) in [6, 6.07) is 15.4. The van der Waals surface area contributed by atoms with E-state index in [4.69, 9.17) is 4.74 Å². The van der Waals surface area contributed by atoms with Gasteiger partial charge < -0.3 is 4.74 Å². The Kier molecular flexibility index (Phi) is 2.85. The Hall–Kier alpha value is -2.09. The van der Waals surface area contributed by atoms with Crippen LogP contribution >= 0.6 is 0 Å². The molecule has 0 fully saturated rings. The first-order valence-electron chi connectivity index (χ1n) is 6.22. The van der Waals surface area contributed by atoms with Crippen molar-refractivity contribution < 1.29 is 9.53 Å². The van der Waals surface area contributed by atoms with E-state index in [0.29, 0.717) is 12.2 Å². The summed E-state index contributed by atoms with van der Waals surface area (Å²) >= 11 is 0. The van der Waals surface area contributed by atoms with Gasteiger partial charge in [-0.05, 0) is 36.6 Å². The molecule has 18 heavy (non-hydrogen) atoms. The molecule has 0 spiro atoms. The van der Waals surface area contributed by atoms with E-state index in [-0.39, 0.29) is 5.78 Å². The van der Waals surface area contributed by atoms with E-state index in [0.717, 1.165) is 29.7 Å². The molecule has 2 aromatic rings. The quantitative estimate of drug-likeness (QED) is 0.790. The smallest absolute Gasteiger partial charge is 0.166 e. The molecule has 0 heterocycles. The van der Waals surface area contributed by atoms with Crippen LogP contribution in [0.4, 0.5) is 0 Å². The summed E-state index contributed by atoms with van der Waals surface area (Å²) in [6.07, 6.45) is 2.54. The Bertz CT molecular complexity index is 573. The minimum atomic E-state index is 0.197. The van der Waals surface area contributed by atoms with Gasteiger partial charge >= 0.3 is 0 Å². The second kappa shape index (κ2) is 4.65. The summed E-state index contributed by atoms with van der Waals surface area (Å²) in [5.41, 5.74) is 1.88. The molecule has 0 saturated carbocycles. The fraction of sp³-hybridized carbons (Fsp3) is 0.188. The van der Waals surface area contributed by atoms with Gasteiger partial charge in [-0.2, -0.15) is 0 Å². The van der Waals surface area contributed by atoms with Crippen LogP contribution in [0.2, 0.25) is 0 Å². The van der Waals surface area contributed by atoms with Crippen molar-refractivity contribution in [2.24, 2.45) is 0 Å². The molecule has 0 amide bonds. The predicted molar refractivity (Wildman–Crippen MR) is 70.2 cm³/mol. The molecule has 2 nitrogen and oxygen atoms in total. The van der Waals surface area contributed by atoms with E-state index in [2.05, 4.69) is 0 Å². The molecule has 2 heteroatoms. The number of para-hydroxylation sites is 1. The molecule has 0 saturated heterocycles. The molecule has 2 aromatic carbocycles. The monoisotopic (exact) mass is 238 g/mol. The SMILES string of the molecule is O=C1CCCc2cccc(Oc3ccccc3)c21. The molecule has 0 atom stereocenters. The zero-order valence-corrected chi connectivity index (χ0v) is 10.1. The van der Waals surface area contributed by atoms with E-state index in [1.165, 1.54) is 0 Å². The van der Waals surface area contributed by atoms with Crippen LogP contribution in [0, 0.1) is 0 Å². The number of benzene rings is 2. The summed E-state index contributed by atoms with van der Waals surface area (Å²) in [5.74, 6) is 1.65. The van der Waals surface area contributed by atoms with Crippen LogP contribution in [0.1, 0.15) is 28.8 Å². The number of ketones is 1. The van der Waals surface area contributed by atoms with E-state index in [1.807, 2.05) is 48.5 Å². The van der Waals surface area contributed by atoms with E-state index >= 15 is 0 Å². The molecule has 0 bridgehead atoms. The summed E-state index contributed by atoms with van der Waals surface area (Å²) in [4.78, 5) is 12.0. The Balaban J connectivity index is 2.00. The maximum Gasteiger partial charge on any atom is 0.166 e. The first kappa shape index (κ1) is 11.0. The highest BCUT2D eigenvalue weighted by Crippen LogP contribution is 2.32. The average Bonchev–Trinajstić information content (AvgIpc) is 2.40. The Labute approximate surface area is 106 Å². The number of carbonyl (C=O) groups is 1. The topological polar surface area (TPSA) is 26.3 Å². The van der Waals surface area contributed by atoms with Gasteiger partial charge in [0, 0.05) is 6.42 Å². The summed E-state index contributed by atoms with van der Waals surface area (Å²) in [5, 5.41) is 0. The lowest BCUT2D eigenvalue weighted by molar-refractivity contribution is 0.0970. The molecule has 0 aliphatic heterocycles. The standard InChI is InChI=1S/C16H14O2/c17-14-10-4-6-12-7-5-11-15(16(12)14)18-13-8-2-1-3-9-13/h1-3,5,7-9,11H,4,6,10H2. The van der Waals surface area contributed by atoms with Gasteiger partial charge in [-0.15, -0.1) is 0 Å². The van der Waals surface area contributed by atoms with Crippen molar-refractivity contribution in [2.45, 2.75) is 19.3 Å². The molecular weight excluding hydrogens is 224 g/mol. The molecule has 0 radical (unpaired) electrons. The Morgan fingerprint density at radius 1 is 0.889 bits per heavy atom. The second-order valence-corrected chi connectivity index (χ2v) is 4.48. The number of carbonyl (C=O) groups excluding carboxylic acids is 1. The van der Waals surface area contributed by atoms with Gasteiger partial charge in [0.05, 0.1) is 5.56 Å². The van der Waals surface area contributed by atoms with E-state index in [9.17, 15) is 4.79 Å². The van der Waals surface area contributed by atoms with Crippen molar-refractivity contribution in [3.05, 3.63) is 59.7 Å². The minimum Gasteiger partial charge on any atom is -0.457 e. The number of Topliss-reactive ketones (excluding diaryl/α,β-unsaturated/α-hetero) is 1. The van der Waals surface area contributed by atoms with Gasteiger partial charge in [0.2, 0.25) is 0 Å². The lowest BCUT2D eigenvalue weighted by Gasteiger charge is -2.18. The number of ether oxygens (including phenoxy) is 1. The molecule has 1 aliphatic carbocycles. The van der Waals surface area contributed by atoms with Crippen molar-refractivity contribution in [3.8, 4) is 11.5 Å². The summed E-state index contributed by atoms with van der Waals surface area (Å²) < 4.78 is 5.83. The van der Waals surface area contributed by atoms with Crippen LogP contribution in [-0.2, 0) is 6.42 Å². The minimum absolute atomic E-state index is 0.197.